The molecule has 2 amide bonds. The molecular formula is C23H18N2O4. The molecule has 1 heterocycles. The Balaban J connectivity index is 1.33. The van der Waals surface area contributed by atoms with Crippen LogP contribution in [0.5, 0.6) is 5.75 Å². The van der Waals surface area contributed by atoms with Gasteiger partial charge in [-0.15, -0.1) is 0 Å². The van der Waals surface area contributed by atoms with E-state index in [0.29, 0.717) is 17.1 Å². The maximum atomic E-state index is 12.2. The fourth-order valence-electron chi connectivity index (χ4n) is 2.90. The summed E-state index contributed by atoms with van der Waals surface area (Å²) in [6.07, 6.45) is 1.44. The Hall–Kier alpha value is -4.06. The second-order valence-electron chi connectivity index (χ2n) is 6.32. The molecule has 0 aliphatic heterocycles. The average Bonchev–Trinajstić information content (AvgIpc) is 3.29. The van der Waals surface area contributed by atoms with Crippen molar-refractivity contribution >= 4 is 34.0 Å². The number of fused-ring (bicyclic) bond motifs is 1. The first-order valence-electron chi connectivity index (χ1n) is 9.04. The van der Waals surface area contributed by atoms with Crippen molar-refractivity contribution in [1.29, 1.82) is 0 Å². The normalized spacial score (nSPS) is 10.5. The van der Waals surface area contributed by atoms with Gasteiger partial charge in [-0.05, 0) is 47.9 Å². The summed E-state index contributed by atoms with van der Waals surface area (Å²) in [5.74, 6) is 0.280. The second-order valence-corrected chi connectivity index (χ2v) is 6.32. The second kappa shape index (κ2) is 8.31. The van der Waals surface area contributed by atoms with Crippen molar-refractivity contribution in [2.45, 2.75) is 0 Å². The van der Waals surface area contributed by atoms with Gasteiger partial charge < -0.3 is 19.8 Å². The summed E-state index contributed by atoms with van der Waals surface area (Å²) >= 11 is 0. The Morgan fingerprint density at radius 1 is 0.793 bits per heavy atom. The predicted molar refractivity (Wildman–Crippen MR) is 111 cm³/mol. The number of furan rings is 1. The molecule has 0 bridgehead atoms. The highest BCUT2D eigenvalue weighted by Gasteiger charge is 2.09. The molecule has 4 aromatic rings. The van der Waals surface area contributed by atoms with Crippen molar-refractivity contribution in [3.8, 4) is 5.75 Å². The lowest BCUT2D eigenvalue weighted by molar-refractivity contribution is -0.118. The van der Waals surface area contributed by atoms with E-state index in [1.54, 1.807) is 36.4 Å². The Kier molecular flexibility index (Phi) is 5.25. The highest BCUT2D eigenvalue weighted by molar-refractivity contribution is 6.02. The number of ether oxygens (including phenoxy) is 1. The lowest BCUT2D eigenvalue weighted by Crippen LogP contribution is -2.20. The summed E-state index contributed by atoms with van der Waals surface area (Å²) in [4.78, 5) is 24.2. The third kappa shape index (κ3) is 4.44. The molecule has 0 aliphatic rings. The quantitative estimate of drug-likeness (QED) is 0.503. The number of carbonyl (C=O) groups excluding carboxylic acids is 2. The van der Waals surface area contributed by atoms with Crippen LogP contribution in [0.2, 0.25) is 0 Å². The van der Waals surface area contributed by atoms with Gasteiger partial charge in [0.2, 0.25) is 0 Å². The summed E-state index contributed by atoms with van der Waals surface area (Å²) in [6.45, 7) is -0.106. The van der Waals surface area contributed by atoms with Gasteiger partial charge in [0.05, 0.1) is 6.26 Å². The van der Waals surface area contributed by atoms with Crippen molar-refractivity contribution < 1.29 is 18.7 Å². The fraction of sp³-hybridized carbons (Fsp3) is 0.0435. The number of nitrogens with one attached hydrogen (secondary N) is 2. The summed E-state index contributed by atoms with van der Waals surface area (Å²) in [7, 11) is 0. The van der Waals surface area contributed by atoms with Crippen LogP contribution in [0.1, 0.15) is 10.6 Å². The first-order valence-corrected chi connectivity index (χ1v) is 9.04. The number of hydrogen-bond donors (Lipinski definition) is 2. The summed E-state index contributed by atoms with van der Waals surface area (Å²) in [5.41, 5.74) is 1.20. The molecule has 29 heavy (non-hydrogen) atoms. The highest BCUT2D eigenvalue weighted by Crippen LogP contribution is 2.25. The van der Waals surface area contributed by atoms with Crippen LogP contribution < -0.4 is 15.4 Å². The van der Waals surface area contributed by atoms with Crippen LogP contribution in [0.15, 0.2) is 89.5 Å². The Morgan fingerprint density at radius 2 is 1.52 bits per heavy atom. The van der Waals surface area contributed by atoms with E-state index >= 15 is 0 Å². The molecule has 0 aliphatic carbocycles. The predicted octanol–water partition coefficient (Wildman–Crippen LogP) is 4.70. The Morgan fingerprint density at radius 3 is 2.28 bits per heavy atom. The van der Waals surface area contributed by atoms with Crippen molar-refractivity contribution in [2.75, 3.05) is 17.2 Å². The van der Waals surface area contributed by atoms with Gasteiger partial charge in [-0.2, -0.15) is 0 Å². The van der Waals surface area contributed by atoms with Crippen molar-refractivity contribution in [3.63, 3.8) is 0 Å². The molecule has 4 rings (SSSR count). The van der Waals surface area contributed by atoms with E-state index in [0.717, 1.165) is 10.8 Å². The molecule has 0 saturated heterocycles. The monoisotopic (exact) mass is 386 g/mol. The van der Waals surface area contributed by atoms with Crippen LogP contribution in [0.3, 0.4) is 0 Å². The lowest BCUT2D eigenvalue weighted by Gasteiger charge is -2.10. The zero-order valence-electron chi connectivity index (χ0n) is 15.4. The minimum absolute atomic E-state index is 0.106. The fourth-order valence-corrected chi connectivity index (χ4v) is 2.90. The van der Waals surface area contributed by atoms with E-state index in [4.69, 9.17) is 9.15 Å². The van der Waals surface area contributed by atoms with Crippen LogP contribution in [-0.4, -0.2) is 18.4 Å². The van der Waals surface area contributed by atoms with Crippen LogP contribution >= 0.6 is 0 Å². The van der Waals surface area contributed by atoms with Crippen molar-refractivity contribution in [1.82, 2.24) is 0 Å². The zero-order valence-corrected chi connectivity index (χ0v) is 15.4. The summed E-state index contributed by atoms with van der Waals surface area (Å²) in [5, 5.41) is 7.50. The molecule has 3 aromatic carbocycles. The van der Waals surface area contributed by atoms with Gasteiger partial charge in [0.15, 0.2) is 12.4 Å². The van der Waals surface area contributed by atoms with Gasteiger partial charge >= 0.3 is 0 Å². The molecule has 6 nitrogen and oxygen atoms in total. The van der Waals surface area contributed by atoms with E-state index in [-0.39, 0.29) is 24.2 Å². The standard InChI is InChI=1S/C23H18N2O4/c26-22(15-29-20-8-3-6-16-5-1-2-7-19(16)20)24-17-10-12-18(13-11-17)25-23(27)21-9-4-14-28-21/h1-14H,15H2,(H,24,26)(H,25,27). The lowest BCUT2D eigenvalue weighted by atomic mass is 10.1. The van der Waals surface area contributed by atoms with Gasteiger partial charge in [-0.3, -0.25) is 9.59 Å². The molecule has 0 fully saturated rings. The van der Waals surface area contributed by atoms with E-state index < -0.39 is 0 Å². The van der Waals surface area contributed by atoms with E-state index in [1.165, 1.54) is 6.26 Å². The zero-order chi connectivity index (χ0) is 20.1. The van der Waals surface area contributed by atoms with Crippen molar-refractivity contribution in [2.24, 2.45) is 0 Å². The molecule has 0 radical (unpaired) electrons. The number of anilines is 2. The smallest absolute Gasteiger partial charge is 0.291 e. The maximum Gasteiger partial charge on any atom is 0.291 e. The van der Waals surface area contributed by atoms with Gasteiger partial charge in [0.25, 0.3) is 11.8 Å². The molecule has 0 spiro atoms. The van der Waals surface area contributed by atoms with Crippen LogP contribution in [0.25, 0.3) is 10.8 Å². The molecule has 0 saturated carbocycles. The molecule has 2 N–H and O–H groups in total. The number of benzene rings is 3. The molecule has 6 heteroatoms. The van der Waals surface area contributed by atoms with E-state index in [9.17, 15) is 9.59 Å². The van der Waals surface area contributed by atoms with Gasteiger partial charge in [-0.25, -0.2) is 0 Å². The third-order valence-electron chi connectivity index (χ3n) is 4.28. The number of rotatable bonds is 6. The average molecular weight is 386 g/mol. The largest absolute Gasteiger partial charge is 0.483 e. The van der Waals surface area contributed by atoms with Crippen LogP contribution in [0, 0.1) is 0 Å². The third-order valence-corrected chi connectivity index (χ3v) is 4.28. The van der Waals surface area contributed by atoms with E-state index in [1.807, 2.05) is 42.5 Å². The molecule has 0 atom stereocenters. The Bertz CT molecular complexity index is 1130. The number of hydrogen-bond acceptors (Lipinski definition) is 4. The molecule has 1 aromatic heterocycles. The maximum absolute atomic E-state index is 12.2. The van der Waals surface area contributed by atoms with Gasteiger partial charge in [-0.1, -0.05) is 36.4 Å². The topological polar surface area (TPSA) is 80.6 Å². The minimum Gasteiger partial charge on any atom is -0.483 e. The summed E-state index contributed by atoms with van der Waals surface area (Å²) in [6, 6.07) is 23.6. The van der Waals surface area contributed by atoms with Crippen LogP contribution in [-0.2, 0) is 4.79 Å². The first-order chi connectivity index (χ1) is 14.2. The van der Waals surface area contributed by atoms with E-state index in [2.05, 4.69) is 10.6 Å². The first kappa shape index (κ1) is 18.3. The highest BCUT2D eigenvalue weighted by atomic mass is 16.5. The number of amides is 2. The molecular weight excluding hydrogens is 368 g/mol. The van der Waals surface area contributed by atoms with Crippen LogP contribution in [0.4, 0.5) is 11.4 Å². The summed E-state index contributed by atoms with van der Waals surface area (Å²) < 4.78 is 10.7. The SMILES string of the molecule is O=C(COc1cccc2ccccc12)Nc1ccc(NC(=O)c2ccco2)cc1. The number of carbonyl (C=O) groups is 2. The molecule has 0 unspecified atom stereocenters. The minimum atomic E-state index is -0.338. The van der Waals surface area contributed by atoms with Gasteiger partial charge in [0.1, 0.15) is 5.75 Å². The van der Waals surface area contributed by atoms with Gasteiger partial charge in [0, 0.05) is 16.8 Å². The van der Waals surface area contributed by atoms with Crippen molar-refractivity contribution in [3.05, 3.63) is 90.9 Å². The molecule has 144 valence electrons. The Labute approximate surface area is 167 Å².